The summed E-state index contributed by atoms with van der Waals surface area (Å²) in [5.74, 6) is -1.68. The van der Waals surface area contributed by atoms with Crippen molar-refractivity contribution in [3.05, 3.63) is 39.7 Å². The van der Waals surface area contributed by atoms with Crippen molar-refractivity contribution in [2.75, 3.05) is 20.1 Å². The highest BCUT2D eigenvalue weighted by Gasteiger charge is 2.22. The number of esters is 1. The number of rotatable bonds is 3. The Kier molecular flexibility index (Phi) is 4.29. The van der Waals surface area contributed by atoms with Gasteiger partial charge >= 0.3 is 11.7 Å². The number of hydrogen-bond donors (Lipinski definition) is 0. The predicted octanol–water partition coefficient (Wildman–Crippen LogP) is 1.98. The summed E-state index contributed by atoms with van der Waals surface area (Å²) in [4.78, 5) is 23.7. The number of nitro benzene ring substituents is 1. The third-order valence-corrected chi connectivity index (χ3v) is 3.32. The molecule has 0 atom stereocenters. The Morgan fingerprint density at radius 1 is 1.45 bits per heavy atom. The molecule has 0 N–H and O–H groups in total. The lowest BCUT2D eigenvalue weighted by Gasteiger charge is -2.28. The number of likely N-dealkylation sites (tertiary alicyclic amines) is 1. The van der Waals surface area contributed by atoms with Gasteiger partial charge in [-0.2, -0.15) is 4.39 Å². The fourth-order valence-electron chi connectivity index (χ4n) is 2.10. The molecule has 0 unspecified atom stereocenters. The Hall–Kier alpha value is -2.02. The van der Waals surface area contributed by atoms with E-state index in [0.29, 0.717) is 0 Å². The average molecular weight is 282 g/mol. The second kappa shape index (κ2) is 5.96. The van der Waals surface area contributed by atoms with Crippen LogP contribution < -0.4 is 0 Å². The van der Waals surface area contributed by atoms with E-state index in [1.807, 2.05) is 7.05 Å². The topological polar surface area (TPSA) is 72.7 Å². The Labute approximate surface area is 115 Å². The zero-order chi connectivity index (χ0) is 14.7. The van der Waals surface area contributed by atoms with Crippen LogP contribution in [0.2, 0.25) is 0 Å². The highest BCUT2D eigenvalue weighted by Crippen LogP contribution is 2.20. The molecule has 20 heavy (non-hydrogen) atoms. The summed E-state index contributed by atoms with van der Waals surface area (Å²) in [5, 5.41) is 10.5. The van der Waals surface area contributed by atoms with Gasteiger partial charge in [0.2, 0.25) is 5.82 Å². The molecule has 1 heterocycles. The number of nitro groups is 1. The molecule has 0 aliphatic carbocycles. The van der Waals surface area contributed by atoms with E-state index in [0.717, 1.165) is 38.1 Å². The van der Waals surface area contributed by atoms with Gasteiger partial charge in [0.25, 0.3) is 0 Å². The number of hydrogen-bond acceptors (Lipinski definition) is 5. The van der Waals surface area contributed by atoms with Crippen molar-refractivity contribution in [1.82, 2.24) is 4.90 Å². The lowest BCUT2D eigenvalue weighted by Crippen LogP contribution is -2.35. The molecule has 0 aromatic heterocycles. The van der Waals surface area contributed by atoms with Crippen LogP contribution in [0.15, 0.2) is 18.2 Å². The van der Waals surface area contributed by atoms with Crippen molar-refractivity contribution in [3.63, 3.8) is 0 Å². The Bertz CT molecular complexity index is 527. The number of carbonyl (C=O) groups is 1. The largest absolute Gasteiger partial charge is 0.459 e. The summed E-state index contributed by atoms with van der Waals surface area (Å²) in [5.41, 5.74) is -0.659. The smallest absolute Gasteiger partial charge is 0.338 e. The lowest BCUT2D eigenvalue weighted by atomic mass is 10.1. The molecule has 7 heteroatoms. The van der Waals surface area contributed by atoms with Crippen molar-refractivity contribution in [3.8, 4) is 0 Å². The molecule has 108 valence electrons. The van der Waals surface area contributed by atoms with Gasteiger partial charge in [-0.25, -0.2) is 4.79 Å². The Balaban J connectivity index is 2.02. The van der Waals surface area contributed by atoms with Gasteiger partial charge in [0, 0.05) is 19.2 Å². The summed E-state index contributed by atoms with van der Waals surface area (Å²) < 4.78 is 18.7. The van der Waals surface area contributed by atoms with Crippen molar-refractivity contribution >= 4 is 11.7 Å². The van der Waals surface area contributed by atoms with Crippen LogP contribution in [-0.4, -0.2) is 42.0 Å². The standard InChI is InChI=1S/C13H15FN2O4/c1-15-6-4-10(5-7-15)20-13(17)9-2-3-12(16(18)19)11(14)8-9/h2-3,8,10H,4-7H2,1H3. The molecule has 0 saturated carbocycles. The van der Waals surface area contributed by atoms with E-state index < -0.39 is 22.4 Å². The normalized spacial score (nSPS) is 16.9. The van der Waals surface area contributed by atoms with Crippen LogP contribution in [0.4, 0.5) is 10.1 Å². The summed E-state index contributed by atoms with van der Waals surface area (Å²) in [6, 6.07) is 3.02. The van der Waals surface area contributed by atoms with Crippen molar-refractivity contribution in [1.29, 1.82) is 0 Å². The van der Waals surface area contributed by atoms with E-state index in [1.165, 1.54) is 6.07 Å². The van der Waals surface area contributed by atoms with Crippen LogP contribution in [0.25, 0.3) is 0 Å². The van der Waals surface area contributed by atoms with Crippen LogP contribution in [0.1, 0.15) is 23.2 Å². The first-order chi connectivity index (χ1) is 9.47. The third kappa shape index (κ3) is 3.30. The van der Waals surface area contributed by atoms with E-state index in [-0.39, 0.29) is 11.7 Å². The highest BCUT2D eigenvalue weighted by atomic mass is 19.1. The minimum atomic E-state index is -1.03. The van der Waals surface area contributed by atoms with Gasteiger partial charge in [-0.3, -0.25) is 10.1 Å². The second-order valence-electron chi connectivity index (χ2n) is 4.83. The van der Waals surface area contributed by atoms with E-state index in [4.69, 9.17) is 4.74 Å². The van der Waals surface area contributed by atoms with Crippen LogP contribution >= 0.6 is 0 Å². The number of benzene rings is 1. The zero-order valence-corrected chi connectivity index (χ0v) is 11.0. The molecule has 1 aromatic carbocycles. The minimum absolute atomic E-state index is 0.00738. The molecule has 2 rings (SSSR count). The molecular weight excluding hydrogens is 267 g/mol. The highest BCUT2D eigenvalue weighted by molar-refractivity contribution is 5.89. The van der Waals surface area contributed by atoms with E-state index in [2.05, 4.69) is 4.90 Å². The summed E-state index contributed by atoms with van der Waals surface area (Å²) in [6.07, 6.45) is 1.28. The fraction of sp³-hybridized carbons (Fsp3) is 0.462. The van der Waals surface area contributed by atoms with E-state index in [9.17, 15) is 19.3 Å². The van der Waals surface area contributed by atoms with Gasteiger partial charge in [-0.15, -0.1) is 0 Å². The van der Waals surface area contributed by atoms with Crippen LogP contribution in [0.5, 0.6) is 0 Å². The third-order valence-electron chi connectivity index (χ3n) is 3.32. The first-order valence-corrected chi connectivity index (χ1v) is 6.31. The molecule has 1 aromatic rings. The predicted molar refractivity (Wildman–Crippen MR) is 69.0 cm³/mol. The number of carbonyl (C=O) groups excluding carboxylic acids is 1. The maximum Gasteiger partial charge on any atom is 0.338 e. The molecule has 0 amide bonds. The first-order valence-electron chi connectivity index (χ1n) is 6.31. The van der Waals surface area contributed by atoms with Gasteiger partial charge in [-0.1, -0.05) is 0 Å². The number of nitrogens with zero attached hydrogens (tertiary/aromatic N) is 2. The molecule has 1 aliphatic rings. The molecule has 0 bridgehead atoms. The number of piperidine rings is 1. The summed E-state index contributed by atoms with van der Waals surface area (Å²) in [6.45, 7) is 1.68. The first kappa shape index (κ1) is 14.4. The minimum Gasteiger partial charge on any atom is -0.459 e. The number of halogens is 1. The SMILES string of the molecule is CN1CCC(OC(=O)c2ccc([N+](=O)[O-])c(F)c2)CC1. The van der Waals surface area contributed by atoms with Gasteiger partial charge in [-0.05, 0) is 32.0 Å². The van der Waals surface area contributed by atoms with Crippen LogP contribution in [0, 0.1) is 15.9 Å². The maximum absolute atomic E-state index is 13.4. The summed E-state index contributed by atoms with van der Waals surface area (Å²) in [7, 11) is 1.99. The van der Waals surface area contributed by atoms with Crippen molar-refractivity contribution in [2.24, 2.45) is 0 Å². The number of ether oxygens (including phenoxy) is 1. The molecule has 0 radical (unpaired) electrons. The molecule has 0 spiro atoms. The Morgan fingerprint density at radius 2 is 2.10 bits per heavy atom. The second-order valence-corrected chi connectivity index (χ2v) is 4.83. The lowest BCUT2D eigenvalue weighted by molar-refractivity contribution is -0.387. The molecule has 1 aliphatic heterocycles. The summed E-state index contributed by atoms with van der Waals surface area (Å²) >= 11 is 0. The Morgan fingerprint density at radius 3 is 2.65 bits per heavy atom. The monoisotopic (exact) mass is 282 g/mol. The van der Waals surface area contributed by atoms with Gasteiger partial charge in [0.1, 0.15) is 6.10 Å². The van der Waals surface area contributed by atoms with E-state index in [1.54, 1.807) is 0 Å². The van der Waals surface area contributed by atoms with Crippen molar-refractivity contribution in [2.45, 2.75) is 18.9 Å². The molecular formula is C13H15FN2O4. The maximum atomic E-state index is 13.4. The molecule has 1 saturated heterocycles. The van der Waals surface area contributed by atoms with Gasteiger partial charge in [0.15, 0.2) is 0 Å². The average Bonchev–Trinajstić information content (AvgIpc) is 2.40. The molecule has 6 nitrogen and oxygen atoms in total. The van der Waals surface area contributed by atoms with Gasteiger partial charge < -0.3 is 9.64 Å². The zero-order valence-electron chi connectivity index (χ0n) is 11.0. The van der Waals surface area contributed by atoms with Crippen molar-refractivity contribution < 1.29 is 18.8 Å². The molecule has 1 fully saturated rings. The fourth-order valence-corrected chi connectivity index (χ4v) is 2.10. The van der Waals surface area contributed by atoms with Gasteiger partial charge in [0.05, 0.1) is 10.5 Å². The van der Waals surface area contributed by atoms with E-state index >= 15 is 0 Å². The van der Waals surface area contributed by atoms with Crippen LogP contribution in [-0.2, 0) is 4.74 Å². The quantitative estimate of drug-likeness (QED) is 0.481. The van der Waals surface area contributed by atoms with Crippen LogP contribution in [0.3, 0.4) is 0 Å².